The molecule has 0 aliphatic carbocycles. The van der Waals surface area contributed by atoms with Crippen molar-refractivity contribution in [1.82, 2.24) is 0 Å². The van der Waals surface area contributed by atoms with Gasteiger partial charge in [0.05, 0.1) is 11.4 Å². The normalized spacial score (nSPS) is 9.95. The lowest BCUT2D eigenvalue weighted by Crippen LogP contribution is -2.21. The van der Waals surface area contributed by atoms with Gasteiger partial charge in [-0.25, -0.2) is 4.39 Å². The van der Waals surface area contributed by atoms with E-state index in [1.54, 1.807) is 6.07 Å². The summed E-state index contributed by atoms with van der Waals surface area (Å²) in [5, 5.41) is 2.39. The van der Waals surface area contributed by atoms with E-state index in [4.69, 9.17) is 10.5 Å². The van der Waals surface area contributed by atoms with Crippen molar-refractivity contribution >= 4 is 23.6 Å². The Kier molecular flexibility index (Phi) is 4.50. The van der Waals surface area contributed by atoms with Crippen LogP contribution in [0.15, 0.2) is 42.5 Å². The molecule has 0 saturated heterocycles. The third-order valence-corrected chi connectivity index (χ3v) is 2.68. The Morgan fingerprint density at radius 3 is 2.71 bits per heavy atom. The molecule has 3 N–H and O–H groups in total. The van der Waals surface area contributed by atoms with Crippen molar-refractivity contribution in [3.63, 3.8) is 0 Å². The summed E-state index contributed by atoms with van der Waals surface area (Å²) < 4.78 is 18.6. The number of nitrogens with two attached hydrogens (primary N) is 1. The molecule has 0 radical (unpaired) electrons. The highest BCUT2D eigenvalue weighted by atomic mass is 19.1. The second-order valence-electron chi connectivity index (χ2n) is 4.23. The molecule has 2 rings (SSSR count). The molecule has 0 heterocycles. The summed E-state index contributed by atoms with van der Waals surface area (Å²) in [6.45, 7) is -0.320. The van der Waals surface area contributed by atoms with Crippen molar-refractivity contribution in [1.29, 1.82) is 0 Å². The van der Waals surface area contributed by atoms with Crippen molar-refractivity contribution < 1.29 is 18.7 Å². The van der Waals surface area contributed by atoms with Gasteiger partial charge >= 0.3 is 0 Å². The predicted octanol–water partition coefficient (Wildman–Crippen LogP) is 2.24. The monoisotopic (exact) mass is 288 g/mol. The average Bonchev–Trinajstić information content (AvgIpc) is 2.48. The minimum Gasteiger partial charge on any atom is -0.482 e. The van der Waals surface area contributed by atoms with Crippen LogP contribution in [0.5, 0.6) is 5.75 Å². The summed E-state index contributed by atoms with van der Waals surface area (Å²) >= 11 is 0. The van der Waals surface area contributed by atoms with Gasteiger partial charge in [-0.1, -0.05) is 12.1 Å². The third kappa shape index (κ3) is 3.79. The zero-order valence-corrected chi connectivity index (χ0v) is 11.0. The summed E-state index contributed by atoms with van der Waals surface area (Å²) in [7, 11) is 0. The van der Waals surface area contributed by atoms with Crippen LogP contribution < -0.4 is 15.8 Å². The number of ether oxygens (including phenoxy) is 1. The fourth-order valence-corrected chi connectivity index (χ4v) is 1.66. The smallest absolute Gasteiger partial charge is 0.262 e. The fraction of sp³-hybridized carbons (Fsp3) is 0.0667. The highest BCUT2D eigenvalue weighted by molar-refractivity contribution is 5.92. The highest BCUT2D eigenvalue weighted by Gasteiger charge is 2.08. The first kappa shape index (κ1) is 14.5. The van der Waals surface area contributed by atoms with Crippen molar-refractivity contribution in [3.05, 3.63) is 53.8 Å². The van der Waals surface area contributed by atoms with E-state index in [2.05, 4.69) is 5.32 Å². The Morgan fingerprint density at radius 2 is 2.05 bits per heavy atom. The van der Waals surface area contributed by atoms with Gasteiger partial charge < -0.3 is 15.8 Å². The molecule has 6 heteroatoms. The number of hydrogen-bond donors (Lipinski definition) is 2. The molecule has 0 bridgehead atoms. The molecule has 0 aliphatic heterocycles. The predicted molar refractivity (Wildman–Crippen MR) is 76.8 cm³/mol. The molecule has 0 saturated carbocycles. The minimum absolute atomic E-state index is 0.0791. The van der Waals surface area contributed by atoms with Crippen LogP contribution in [0.25, 0.3) is 0 Å². The molecule has 2 aromatic rings. The van der Waals surface area contributed by atoms with Crippen LogP contribution >= 0.6 is 0 Å². The molecule has 0 aromatic heterocycles. The Bertz CT molecular complexity index is 674. The van der Waals surface area contributed by atoms with Crippen LogP contribution in [0.1, 0.15) is 10.4 Å². The third-order valence-electron chi connectivity index (χ3n) is 2.68. The summed E-state index contributed by atoms with van der Waals surface area (Å²) in [4.78, 5) is 22.2. The van der Waals surface area contributed by atoms with E-state index < -0.39 is 11.7 Å². The molecule has 0 spiro atoms. The standard InChI is InChI=1S/C15H13FN2O3/c16-11-3-1-2-4-13(11)18-15(20)9-21-14-6-5-10(8-19)7-12(14)17/h1-8H,9,17H2,(H,18,20). The van der Waals surface area contributed by atoms with Gasteiger partial charge in [0.2, 0.25) is 0 Å². The topological polar surface area (TPSA) is 81.4 Å². The maximum Gasteiger partial charge on any atom is 0.262 e. The molecule has 0 atom stereocenters. The van der Waals surface area contributed by atoms with Gasteiger partial charge in [-0.2, -0.15) is 0 Å². The molecule has 1 amide bonds. The summed E-state index contributed by atoms with van der Waals surface area (Å²) in [6.07, 6.45) is 0.658. The Morgan fingerprint density at radius 1 is 1.29 bits per heavy atom. The second-order valence-corrected chi connectivity index (χ2v) is 4.23. The molecular weight excluding hydrogens is 275 g/mol. The van der Waals surface area contributed by atoms with Gasteiger partial charge in [0, 0.05) is 5.56 Å². The number of nitrogens with one attached hydrogen (secondary N) is 1. The minimum atomic E-state index is -0.527. The number of carbonyl (C=O) groups excluding carboxylic acids is 2. The summed E-state index contributed by atoms with van der Waals surface area (Å²) in [5.74, 6) is -0.760. The van der Waals surface area contributed by atoms with E-state index in [-0.39, 0.29) is 23.7 Å². The van der Waals surface area contributed by atoms with Gasteiger partial charge in [0.15, 0.2) is 6.61 Å². The number of rotatable bonds is 5. The van der Waals surface area contributed by atoms with E-state index in [1.165, 1.54) is 36.4 Å². The van der Waals surface area contributed by atoms with Crippen molar-refractivity contribution in [2.75, 3.05) is 17.7 Å². The molecule has 0 fully saturated rings. The van der Waals surface area contributed by atoms with Crippen LogP contribution in [-0.2, 0) is 4.79 Å². The van der Waals surface area contributed by atoms with Crippen LogP contribution in [0.3, 0.4) is 0 Å². The lowest BCUT2D eigenvalue weighted by Gasteiger charge is -2.10. The molecular formula is C15H13FN2O3. The van der Waals surface area contributed by atoms with Crippen LogP contribution in [-0.4, -0.2) is 18.8 Å². The number of aldehydes is 1. The lowest BCUT2D eigenvalue weighted by molar-refractivity contribution is -0.118. The number of para-hydroxylation sites is 1. The van der Waals surface area contributed by atoms with E-state index in [1.807, 2.05) is 0 Å². The Labute approximate surface area is 120 Å². The number of benzene rings is 2. The number of anilines is 2. The summed E-state index contributed by atoms with van der Waals surface area (Å²) in [5.41, 5.74) is 6.42. The van der Waals surface area contributed by atoms with E-state index in [9.17, 15) is 14.0 Å². The Hall–Kier alpha value is -2.89. The molecule has 21 heavy (non-hydrogen) atoms. The zero-order valence-electron chi connectivity index (χ0n) is 11.0. The second kappa shape index (κ2) is 6.51. The number of halogens is 1. The van der Waals surface area contributed by atoms with Crippen molar-refractivity contribution in [3.8, 4) is 5.75 Å². The van der Waals surface area contributed by atoms with Crippen LogP contribution in [0.4, 0.5) is 15.8 Å². The van der Waals surface area contributed by atoms with Gasteiger partial charge in [-0.3, -0.25) is 9.59 Å². The average molecular weight is 288 g/mol. The zero-order chi connectivity index (χ0) is 15.2. The molecule has 5 nitrogen and oxygen atoms in total. The SMILES string of the molecule is Nc1cc(C=O)ccc1OCC(=O)Nc1ccccc1F. The van der Waals surface area contributed by atoms with E-state index in [0.717, 1.165) is 0 Å². The van der Waals surface area contributed by atoms with Crippen molar-refractivity contribution in [2.24, 2.45) is 0 Å². The van der Waals surface area contributed by atoms with Gasteiger partial charge in [-0.05, 0) is 30.3 Å². The largest absolute Gasteiger partial charge is 0.482 e. The maximum atomic E-state index is 13.4. The lowest BCUT2D eigenvalue weighted by atomic mass is 10.2. The first-order valence-electron chi connectivity index (χ1n) is 6.12. The number of nitrogen functional groups attached to an aromatic ring is 1. The van der Waals surface area contributed by atoms with Gasteiger partial charge in [0.1, 0.15) is 17.9 Å². The van der Waals surface area contributed by atoms with Gasteiger partial charge in [0.25, 0.3) is 5.91 Å². The van der Waals surface area contributed by atoms with Gasteiger partial charge in [-0.15, -0.1) is 0 Å². The maximum absolute atomic E-state index is 13.4. The van der Waals surface area contributed by atoms with E-state index in [0.29, 0.717) is 11.8 Å². The quantitative estimate of drug-likeness (QED) is 0.653. The number of hydrogen-bond acceptors (Lipinski definition) is 4. The van der Waals surface area contributed by atoms with Crippen molar-refractivity contribution in [2.45, 2.75) is 0 Å². The molecule has 2 aromatic carbocycles. The van der Waals surface area contributed by atoms with Crippen LogP contribution in [0.2, 0.25) is 0 Å². The van der Waals surface area contributed by atoms with E-state index >= 15 is 0 Å². The first-order valence-corrected chi connectivity index (χ1v) is 6.12. The number of carbonyl (C=O) groups is 2. The highest BCUT2D eigenvalue weighted by Crippen LogP contribution is 2.22. The molecule has 0 aliphatic rings. The molecule has 108 valence electrons. The summed E-state index contributed by atoms with van der Waals surface area (Å²) in [6, 6.07) is 10.3. The first-order chi connectivity index (χ1) is 10.1. The molecule has 0 unspecified atom stereocenters. The Balaban J connectivity index is 1.95. The van der Waals surface area contributed by atoms with Crippen LogP contribution in [0, 0.1) is 5.82 Å². The number of amides is 1. The fourth-order valence-electron chi connectivity index (χ4n) is 1.66.